The maximum atomic E-state index is 14.4. The van der Waals surface area contributed by atoms with Crippen molar-refractivity contribution in [3.63, 3.8) is 0 Å². The summed E-state index contributed by atoms with van der Waals surface area (Å²) in [5.74, 6) is -3.32. The molecule has 3 aliphatic heterocycles. The molecule has 10 nitrogen and oxygen atoms in total. The fourth-order valence-electron chi connectivity index (χ4n) is 7.50. The van der Waals surface area contributed by atoms with Gasteiger partial charge >= 0.3 is 5.97 Å². The Morgan fingerprint density at radius 2 is 1.91 bits per heavy atom. The number of likely N-dealkylation sites (tertiary alicyclic amines) is 1. The zero-order chi connectivity index (χ0) is 32.9. The fourth-order valence-corrected chi connectivity index (χ4v) is 7.50. The highest BCUT2D eigenvalue weighted by Crippen LogP contribution is 2.59. The lowest BCUT2D eigenvalue weighted by molar-refractivity contribution is -0.162. The van der Waals surface area contributed by atoms with Gasteiger partial charge in [-0.15, -0.1) is 13.2 Å². The predicted octanol–water partition coefficient (Wildman–Crippen LogP) is 3.70. The average Bonchev–Trinajstić information content (AvgIpc) is 3.68. The van der Waals surface area contributed by atoms with E-state index in [-0.39, 0.29) is 36.8 Å². The lowest BCUT2D eigenvalue weighted by atomic mass is 9.70. The molecule has 0 saturated carbocycles. The van der Waals surface area contributed by atoms with Crippen molar-refractivity contribution in [2.24, 2.45) is 11.8 Å². The van der Waals surface area contributed by atoms with Gasteiger partial charge < -0.3 is 29.7 Å². The molecule has 3 fully saturated rings. The monoisotopic (exact) mass is 623 g/mol. The van der Waals surface area contributed by atoms with Crippen LogP contribution in [0.5, 0.6) is 0 Å². The molecule has 0 aromatic heterocycles. The molecule has 1 aromatic rings. The van der Waals surface area contributed by atoms with Crippen LogP contribution < -0.4 is 5.32 Å². The zero-order valence-electron chi connectivity index (χ0n) is 27.0. The molecule has 3 saturated heterocycles. The number of fused-ring (bicyclic) bond motifs is 1. The van der Waals surface area contributed by atoms with Gasteiger partial charge in [0.2, 0.25) is 17.7 Å². The van der Waals surface area contributed by atoms with Crippen LogP contribution in [-0.4, -0.2) is 87.6 Å². The molecule has 0 aliphatic carbocycles. The van der Waals surface area contributed by atoms with E-state index in [0.29, 0.717) is 31.4 Å². The highest BCUT2D eigenvalue weighted by molar-refractivity contribution is 5.98. The molecule has 45 heavy (non-hydrogen) atoms. The smallest absolute Gasteiger partial charge is 0.313 e. The Balaban J connectivity index is 1.67. The summed E-state index contributed by atoms with van der Waals surface area (Å²) in [7, 11) is 0. The van der Waals surface area contributed by atoms with Gasteiger partial charge in [0.15, 0.2) is 0 Å². The number of nitrogens with zero attached hydrogens (tertiary/aromatic N) is 2. The van der Waals surface area contributed by atoms with Gasteiger partial charge in [-0.3, -0.25) is 19.2 Å². The molecule has 0 radical (unpaired) electrons. The predicted molar refractivity (Wildman–Crippen MR) is 170 cm³/mol. The van der Waals surface area contributed by atoms with Crippen molar-refractivity contribution in [2.45, 2.75) is 108 Å². The van der Waals surface area contributed by atoms with Crippen LogP contribution in [0.2, 0.25) is 0 Å². The minimum atomic E-state index is -1.22. The second kappa shape index (κ2) is 14.7. The summed E-state index contributed by atoms with van der Waals surface area (Å²) in [6.45, 7) is 15.0. The number of nitrogens with one attached hydrogen (secondary N) is 1. The number of ether oxygens (including phenoxy) is 2. The molecule has 3 amide bonds. The Morgan fingerprint density at radius 3 is 2.53 bits per heavy atom. The van der Waals surface area contributed by atoms with Gasteiger partial charge in [-0.05, 0) is 52.0 Å². The van der Waals surface area contributed by atoms with Crippen LogP contribution in [0.25, 0.3) is 0 Å². The van der Waals surface area contributed by atoms with E-state index in [1.54, 1.807) is 30.9 Å². The molecule has 2 bridgehead atoms. The van der Waals surface area contributed by atoms with Crippen molar-refractivity contribution in [3.05, 3.63) is 61.2 Å². The highest BCUT2D eigenvalue weighted by atomic mass is 16.6. The van der Waals surface area contributed by atoms with Crippen LogP contribution in [-0.2, 0) is 28.7 Å². The van der Waals surface area contributed by atoms with Crippen molar-refractivity contribution < 1.29 is 33.8 Å². The molecule has 9 atom stereocenters. The number of carbonyl (C=O) groups is 4. The van der Waals surface area contributed by atoms with E-state index < -0.39 is 53.7 Å². The largest absolute Gasteiger partial charge is 0.455 e. The first-order valence-electron chi connectivity index (χ1n) is 16.2. The second-order valence-corrected chi connectivity index (χ2v) is 12.7. The molecule has 3 aliphatic rings. The van der Waals surface area contributed by atoms with Crippen LogP contribution >= 0.6 is 0 Å². The minimum Gasteiger partial charge on any atom is -0.455 e. The van der Waals surface area contributed by atoms with E-state index in [2.05, 4.69) is 25.4 Å². The van der Waals surface area contributed by atoms with E-state index in [1.807, 2.05) is 37.3 Å². The maximum Gasteiger partial charge on any atom is 0.313 e. The Kier molecular flexibility index (Phi) is 11.3. The molecule has 1 unspecified atom stereocenters. The summed E-state index contributed by atoms with van der Waals surface area (Å²) in [5.41, 5.74) is -0.517. The molecule has 4 rings (SSSR count). The third-order valence-electron chi connectivity index (χ3n) is 9.62. The summed E-state index contributed by atoms with van der Waals surface area (Å²) >= 11 is 0. The van der Waals surface area contributed by atoms with Crippen LogP contribution in [0, 0.1) is 11.8 Å². The number of esters is 1. The van der Waals surface area contributed by atoms with Crippen molar-refractivity contribution in [1.29, 1.82) is 0 Å². The van der Waals surface area contributed by atoms with E-state index in [9.17, 15) is 24.3 Å². The molecular formula is C35H49N3O7. The Hall–Kier alpha value is -3.50. The summed E-state index contributed by atoms with van der Waals surface area (Å²) in [4.78, 5) is 58.6. The summed E-state index contributed by atoms with van der Waals surface area (Å²) in [6, 6.07) is 6.85. The lowest BCUT2D eigenvalue weighted by Gasteiger charge is -2.40. The maximum absolute atomic E-state index is 14.4. The first-order valence-corrected chi connectivity index (χ1v) is 16.2. The molecule has 246 valence electrons. The molecular weight excluding hydrogens is 574 g/mol. The van der Waals surface area contributed by atoms with E-state index in [4.69, 9.17) is 9.47 Å². The van der Waals surface area contributed by atoms with Crippen LogP contribution in [0.1, 0.15) is 77.9 Å². The summed E-state index contributed by atoms with van der Waals surface area (Å²) in [6.07, 6.45) is 5.28. The van der Waals surface area contributed by atoms with Crippen molar-refractivity contribution >= 4 is 23.7 Å². The number of benzene rings is 1. The van der Waals surface area contributed by atoms with Gasteiger partial charge in [0.1, 0.15) is 17.7 Å². The second-order valence-electron chi connectivity index (χ2n) is 12.7. The Morgan fingerprint density at radius 1 is 1.20 bits per heavy atom. The van der Waals surface area contributed by atoms with Crippen LogP contribution in [0.3, 0.4) is 0 Å². The first kappa shape index (κ1) is 34.4. The summed E-state index contributed by atoms with van der Waals surface area (Å²) < 4.78 is 12.8. The highest BCUT2D eigenvalue weighted by Gasteiger charge is 2.75. The topological polar surface area (TPSA) is 125 Å². The third-order valence-corrected chi connectivity index (χ3v) is 9.62. The van der Waals surface area contributed by atoms with E-state index in [0.717, 1.165) is 12.8 Å². The van der Waals surface area contributed by atoms with Gasteiger partial charge in [-0.1, -0.05) is 55.8 Å². The summed E-state index contributed by atoms with van der Waals surface area (Å²) in [5, 5.41) is 13.1. The van der Waals surface area contributed by atoms with Crippen LogP contribution in [0.4, 0.5) is 0 Å². The van der Waals surface area contributed by atoms with Crippen LogP contribution in [0.15, 0.2) is 55.6 Å². The van der Waals surface area contributed by atoms with Crippen molar-refractivity contribution in [1.82, 2.24) is 15.1 Å². The zero-order valence-corrected chi connectivity index (χ0v) is 27.0. The van der Waals surface area contributed by atoms with Gasteiger partial charge in [-0.25, -0.2) is 0 Å². The van der Waals surface area contributed by atoms with Gasteiger partial charge in [-0.2, -0.15) is 0 Å². The molecule has 3 heterocycles. The Bertz CT molecular complexity index is 1250. The molecule has 10 heteroatoms. The number of hydrogen-bond acceptors (Lipinski definition) is 7. The quantitative estimate of drug-likeness (QED) is 0.213. The standard InChI is InChI=1S/C35H49N3O7/c1-7-10-17-27(40)36-24(6)30(25-15-12-11-13-16-25)44-34(43)28-26-18-19-35(45-26)29(28)32(41)38(23(5)21-39)31(35)33(42)37(20-9-3)22(4)14-8-2/h7,9,11-13,15-16,22-24,26,28-31,39H,1,3,8,10,14,17-21H2,2,4-6H3,(H,36,40)/t22?,23-,24+,26+,28-,29-,30+,31+,35-/m1/s1. The number of carbonyl (C=O) groups excluding carboxylic acids is 4. The normalized spacial score (nSPS) is 27.7. The fraction of sp³-hybridized carbons (Fsp3) is 0.600. The number of rotatable bonds is 16. The minimum absolute atomic E-state index is 0.105. The number of hydrogen-bond donors (Lipinski definition) is 2. The number of aliphatic hydroxyl groups excluding tert-OH is 1. The lowest BCUT2D eigenvalue weighted by Crippen LogP contribution is -2.59. The van der Waals surface area contributed by atoms with Gasteiger partial charge in [0.25, 0.3) is 0 Å². The van der Waals surface area contributed by atoms with Gasteiger partial charge in [0.05, 0.1) is 36.6 Å². The van der Waals surface area contributed by atoms with Crippen molar-refractivity contribution in [3.8, 4) is 0 Å². The van der Waals surface area contributed by atoms with E-state index >= 15 is 0 Å². The van der Waals surface area contributed by atoms with Crippen molar-refractivity contribution in [2.75, 3.05) is 13.2 Å². The third kappa shape index (κ3) is 6.58. The molecule has 1 aromatic carbocycles. The SMILES string of the molecule is C=CCCC(=O)N[C@@H](C)[C@H](OC(=O)[C@@H]1[C@@H]2CC[C@]3(O2)[C@H](C(=O)N(CC=C)C(C)CCC)N([C@H](C)CO)C(=O)[C@@H]13)c1ccccc1. The number of allylic oxidation sites excluding steroid dienone is 1. The molecule has 2 N–H and O–H groups in total. The Labute approximate surface area is 266 Å². The first-order chi connectivity index (χ1) is 21.6. The molecule has 1 spiro atoms. The average molecular weight is 624 g/mol. The number of aliphatic hydroxyl groups is 1. The number of amides is 3. The van der Waals surface area contributed by atoms with Gasteiger partial charge in [0, 0.05) is 19.0 Å². The van der Waals surface area contributed by atoms with E-state index in [1.165, 1.54) is 4.90 Å².